The number of carbonyl (C=O) groups is 3. The minimum absolute atomic E-state index is 0.152. The van der Waals surface area contributed by atoms with Gasteiger partial charge in [-0.25, -0.2) is 0 Å². The maximum atomic E-state index is 11.9. The summed E-state index contributed by atoms with van der Waals surface area (Å²) in [6.45, 7) is 7.52. The smallest absolute Gasteiger partial charge is 0.290 e. The summed E-state index contributed by atoms with van der Waals surface area (Å²) in [5.74, 6) is 0.152. The molecule has 9 heteroatoms. The maximum Gasteiger partial charge on any atom is 0.290 e. The summed E-state index contributed by atoms with van der Waals surface area (Å²) < 4.78 is 0. The van der Waals surface area contributed by atoms with Gasteiger partial charge in [0.25, 0.3) is 12.9 Å². The highest BCUT2D eigenvalue weighted by Crippen LogP contribution is 2.14. The first-order valence-electron chi connectivity index (χ1n) is 9.31. The van der Waals surface area contributed by atoms with Crippen molar-refractivity contribution >= 4 is 24.5 Å². The van der Waals surface area contributed by atoms with E-state index in [2.05, 4.69) is 27.4 Å². The number of carbonyl (C=O) groups excluding carboxylic acids is 1. The molecule has 1 fully saturated rings. The van der Waals surface area contributed by atoms with E-state index in [0.717, 1.165) is 24.2 Å². The van der Waals surface area contributed by atoms with Crippen molar-refractivity contribution < 1.29 is 24.6 Å². The molecule has 1 aliphatic rings. The molecule has 1 atom stereocenters. The molecule has 4 N–H and O–H groups in total. The molecule has 1 aliphatic heterocycles. The Hall–Kier alpha value is -2.68. The van der Waals surface area contributed by atoms with Crippen LogP contribution in [0, 0.1) is 6.92 Å². The highest BCUT2D eigenvalue weighted by molar-refractivity contribution is 5.75. The molecule has 1 aromatic heterocycles. The largest absolute Gasteiger partial charge is 0.483 e. The molecule has 0 bridgehead atoms. The average molecular weight is 396 g/mol. The van der Waals surface area contributed by atoms with Crippen LogP contribution in [0.1, 0.15) is 38.2 Å². The molecular formula is C19H32N4O5. The number of hydrogen-bond donors (Lipinski definition) is 4. The summed E-state index contributed by atoms with van der Waals surface area (Å²) in [5, 5.41) is 20.1. The summed E-state index contributed by atoms with van der Waals surface area (Å²) in [4.78, 5) is 35.1. The number of likely N-dealkylation sites (tertiary alicyclic amines) is 1. The number of amides is 1. The zero-order valence-electron chi connectivity index (χ0n) is 16.6. The molecule has 1 aromatic rings. The van der Waals surface area contributed by atoms with E-state index in [9.17, 15) is 4.79 Å². The van der Waals surface area contributed by atoms with Gasteiger partial charge in [-0.1, -0.05) is 0 Å². The van der Waals surface area contributed by atoms with Crippen LogP contribution in [0.25, 0.3) is 0 Å². The molecule has 1 amide bonds. The van der Waals surface area contributed by atoms with Crippen molar-refractivity contribution in [3.63, 3.8) is 0 Å². The summed E-state index contributed by atoms with van der Waals surface area (Å²) in [6, 6.07) is 2.47. The lowest BCUT2D eigenvalue weighted by atomic mass is 10.1. The zero-order chi connectivity index (χ0) is 21.2. The number of pyridine rings is 1. The SMILES string of the molecule is Cc1cnccc1NCCNC(=O)CCC(C)N1CCCC1.O=CO.O=CO. The van der Waals surface area contributed by atoms with Crippen LogP contribution in [0.3, 0.4) is 0 Å². The van der Waals surface area contributed by atoms with Crippen LogP contribution in [0.5, 0.6) is 0 Å². The second-order valence-electron chi connectivity index (χ2n) is 6.31. The van der Waals surface area contributed by atoms with Crippen molar-refractivity contribution in [3.8, 4) is 0 Å². The van der Waals surface area contributed by atoms with Crippen LogP contribution in [0.2, 0.25) is 0 Å². The lowest BCUT2D eigenvalue weighted by molar-refractivity contribution is -0.123. The Morgan fingerprint density at radius 1 is 1.25 bits per heavy atom. The standard InChI is InChI=1S/C17H28N4O.2CH2O2/c1-14-13-18-8-7-16(14)19-9-10-20-17(22)6-5-15(2)21-11-3-4-12-21;2*2-1-3/h7-8,13,15H,3-6,9-12H2,1-2H3,(H,18,19)(H,20,22);2*1H,(H,2,3). The van der Waals surface area contributed by atoms with Gasteiger partial charge in [0.05, 0.1) is 0 Å². The highest BCUT2D eigenvalue weighted by atomic mass is 16.3. The first-order valence-corrected chi connectivity index (χ1v) is 9.31. The molecule has 0 radical (unpaired) electrons. The van der Waals surface area contributed by atoms with Gasteiger partial charge in [-0.05, 0) is 57.8 Å². The van der Waals surface area contributed by atoms with Gasteiger partial charge >= 0.3 is 0 Å². The molecule has 2 rings (SSSR count). The molecule has 0 aromatic carbocycles. The van der Waals surface area contributed by atoms with Crippen LogP contribution in [0.15, 0.2) is 18.5 Å². The zero-order valence-corrected chi connectivity index (χ0v) is 16.6. The fourth-order valence-electron chi connectivity index (χ4n) is 2.86. The molecule has 1 saturated heterocycles. The summed E-state index contributed by atoms with van der Waals surface area (Å²) >= 11 is 0. The highest BCUT2D eigenvalue weighted by Gasteiger charge is 2.18. The van der Waals surface area contributed by atoms with Crippen LogP contribution in [-0.4, -0.2) is 71.2 Å². The number of nitrogens with one attached hydrogen (secondary N) is 2. The Bertz CT molecular complexity index is 559. The number of rotatable bonds is 8. The molecule has 0 saturated carbocycles. The molecule has 9 nitrogen and oxygen atoms in total. The molecule has 28 heavy (non-hydrogen) atoms. The monoisotopic (exact) mass is 396 g/mol. The predicted octanol–water partition coefficient (Wildman–Crippen LogP) is 1.58. The van der Waals surface area contributed by atoms with Crippen LogP contribution in [-0.2, 0) is 14.4 Å². The third-order valence-corrected chi connectivity index (χ3v) is 4.34. The minimum atomic E-state index is -0.250. The van der Waals surface area contributed by atoms with E-state index in [4.69, 9.17) is 19.8 Å². The van der Waals surface area contributed by atoms with Crippen LogP contribution in [0.4, 0.5) is 5.69 Å². The van der Waals surface area contributed by atoms with E-state index in [1.165, 1.54) is 25.9 Å². The lowest BCUT2D eigenvalue weighted by Crippen LogP contribution is -2.33. The van der Waals surface area contributed by atoms with Crippen molar-refractivity contribution in [1.29, 1.82) is 0 Å². The van der Waals surface area contributed by atoms with Crippen molar-refractivity contribution in [2.75, 3.05) is 31.5 Å². The molecule has 0 aliphatic carbocycles. The predicted molar refractivity (Wildman–Crippen MR) is 107 cm³/mol. The quantitative estimate of drug-likeness (QED) is 0.385. The Balaban J connectivity index is 0.00000108. The summed E-state index contributed by atoms with van der Waals surface area (Å²) in [6.07, 6.45) is 7.77. The Morgan fingerprint density at radius 3 is 2.43 bits per heavy atom. The van der Waals surface area contributed by atoms with Gasteiger partial charge in [-0.2, -0.15) is 0 Å². The second-order valence-corrected chi connectivity index (χ2v) is 6.31. The van der Waals surface area contributed by atoms with E-state index in [0.29, 0.717) is 19.0 Å². The maximum absolute atomic E-state index is 11.9. The minimum Gasteiger partial charge on any atom is -0.483 e. The van der Waals surface area contributed by atoms with Crippen molar-refractivity contribution in [1.82, 2.24) is 15.2 Å². The van der Waals surface area contributed by atoms with Gasteiger partial charge in [0, 0.05) is 43.6 Å². The first-order chi connectivity index (χ1) is 13.5. The van der Waals surface area contributed by atoms with Gasteiger partial charge in [0.2, 0.25) is 5.91 Å². The molecule has 158 valence electrons. The van der Waals surface area contributed by atoms with Crippen LogP contribution >= 0.6 is 0 Å². The second kappa shape index (κ2) is 16.5. The third kappa shape index (κ3) is 11.8. The van der Waals surface area contributed by atoms with E-state index in [-0.39, 0.29) is 18.9 Å². The lowest BCUT2D eigenvalue weighted by Gasteiger charge is -2.23. The molecule has 0 spiro atoms. The molecule has 1 unspecified atom stereocenters. The fourth-order valence-corrected chi connectivity index (χ4v) is 2.86. The topological polar surface area (TPSA) is 132 Å². The van der Waals surface area contributed by atoms with Gasteiger partial charge in [-0.15, -0.1) is 0 Å². The van der Waals surface area contributed by atoms with E-state index < -0.39 is 0 Å². The van der Waals surface area contributed by atoms with E-state index in [1.54, 1.807) is 6.20 Å². The molecule has 2 heterocycles. The number of aromatic nitrogens is 1. The summed E-state index contributed by atoms with van der Waals surface area (Å²) in [5.41, 5.74) is 2.19. The normalized spacial score (nSPS) is 13.8. The van der Waals surface area contributed by atoms with E-state index >= 15 is 0 Å². The van der Waals surface area contributed by atoms with Crippen molar-refractivity contribution in [3.05, 3.63) is 24.0 Å². The Kier molecular flexibility index (Phi) is 14.9. The fraction of sp³-hybridized carbons (Fsp3) is 0.579. The van der Waals surface area contributed by atoms with Crippen molar-refractivity contribution in [2.45, 2.75) is 45.6 Å². The average Bonchev–Trinajstić information content (AvgIpc) is 3.21. The van der Waals surface area contributed by atoms with Gasteiger partial charge in [0.1, 0.15) is 0 Å². The van der Waals surface area contributed by atoms with Crippen molar-refractivity contribution in [2.24, 2.45) is 0 Å². The number of anilines is 1. The number of nitrogens with zero attached hydrogens (tertiary/aromatic N) is 2. The number of aryl methyl sites for hydroxylation is 1. The van der Waals surface area contributed by atoms with E-state index in [1.807, 2.05) is 19.2 Å². The van der Waals surface area contributed by atoms with Crippen LogP contribution < -0.4 is 10.6 Å². The summed E-state index contributed by atoms with van der Waals surface area (Å²) in [7, 11) is 0. The first kappa shape index (κ1) is 25.3. The Labute approximate surface area is 166 Å². The Morgan fingerprint density at radius 2 is 1.86 bits per heavy atom. The van der Waals surface area contributed by atoms with Gasteiger partial charge < -0.3 is 25.7 Å². The third-order valence-electron chi connectivity index (χ3n) is 4.34. The molecular weight excluding hydrogens is 364 g/mol. The van der Waals surface area contributed by atoms with Gasteiger partial charge in [0.15, 0.2) is 0 Å². The van der Waals surface area contributed by atoms with Gasteiger partial charge in [-0.3, -0.25) is 19.4 Å². The number of carboxylic acid groups (broad SMARTS) is 2. The number of hydrogen-bond acceptors (Lipinski definition) is 6.